The van der Waals surface area contributed by atoms with E-state index in [2.05, 4.69) is 0 Å². The molecule has 1 fully saturated rings. The number of amides is 2. The third-order valence-electron chi connectivity index (χ3n) is 4.51. The van der Waals surface area contributed by atoms with Crippen molar-refractivity contribution in [2.75, 3.05) is 6.54 Å². The minimum Gasteiger partial charge on any atom is -0.329 e. The maximum atomic E-state index is 13.1. The van der Waals surface area contributed by atoms with Gasteiger partial charge >= 0.3 is 0 Å². The average molecular weight is 391 g/mol. The second kappa shape index (κ2) is 7.68. The van der Waals surface area contributed by atoms with Crippen LogP contribution in [0.25, 0.3) is 0 Å². The lowest BCUT2D eigenvalue weighted by Gasteiger charge is -2.42. The molecule has 0 saturated carbocycles. The lowest BCUT2D eigenvalue weighted by atomic mass is 9.99. The predicted molar refractivity (Wildman–Crippen MR) is 103 cm³/mol. The minimum atomic E-state index is -0.671. The molecular weight excluding hydrogens is 371 g/mol. The molecule has 136 valence electrons. The second-order valence-electron chi connectivity index (χ2n) is 6.67. The fourth-order valence-corrected chi connectivity index (χ4v) is 3.50. The lowest BCUT2D eigenvalue weighted by molar-refractivity contribution is -0.158. The Morgan fingerprint density at radius 3 is 2.35 bits per heavy atom. The molecule has 1 saturated heterocycles. The molecule has 1 aliphatic heterocycles. The van der Waals surface area contributed by atoms with Gasteiger partial charge in [-0.1, -0.05) is 47.5 Å². The summed E-state index contributed by atoms with van der Waals surface area (Å²) in [5.41, 5.74) is 1.63. The first kappa shape index (κ1) is 18.7. The van der Waals surface area contributed by atoms with Crippen LogP contribution in [0.3, 0.4) is 0 Å². The molecule has 0 radical (unpaired) electrons. The Bertz CT molecular complexity index is 821. The maximum Gasteiger partial charge on any atom is 0.250 e. The summed E-state index contributed by atoms with van der Waals surface area (Å²) in [6, 6.07) is 13.7. The fraction of sp³-hybridized carbons (Fsp3) is 0.300. The molecule has 2 amide bonds. The highest BCUT2D eigenvalue weighted by atomic mass is 35.5. The molecule has 0 bridgehead atoms. The van der Waals surface area contributed by atoms with Crippen molar-refractivity contribution in [3.05, 3.63) is 69.7 Å². The van der Waals surface area contributed by atoms with E-state index in [1.807, 2.05) is 32.0 Å². The van der Waals surface area contributed by atoms with Gasteiger partial charge in [0.1, 0.15) is 12.6 Å². The third kappa shape index (κ3) is 3.87. The van der Waals surface area contributed by atoms with Gasteiger partial charge in [0.2, 0.25) is 5.91 Å². The Morgan fingerprint density at radius 2 is 1.73 bits per heavy atom. The summed E-state index contributed by atoms with van der Waals surface area (Å²) < 4.78 is 0. The molecule has 26 heavy (non-hydrogen) atoms. The van der Waals surface area contributed by atoms with Crippen molar-refractivity contribution in [3.8, 4) is 0 Å². The van der Waals surface area contributed by atoms with Crippen molar-refractivity contribution >= 4 is 35.0 Å². The van der Waals surface area contributed by atoms with Gasteiger partial charge in [-0.15, -0.1) is 0 Å². The third-order valence-corrected chi connectivity index (χ3v) is 4.99. The van der Waals surface area contributed by atoms with Crippen LogP contribution in [0.15, 0.2) is 48.5 Å². The van der Waals surface area contributed by atoms with Crippen LogP contribution < -0.4 is 0 Å². The first-order chi connectivity index (χ1) is 12.4. The molecule has 0 spiro atoms. The van der Waals surface area contributed by atoms with Crippen molar-refractivity contribution in [3.63, 3.8) is 0 Å². The van der Waals surface area contributed by atoms with Gasteiger partial charge in [-0.05, 0) is 49.2 Å². The van der Waals surface area contributed by atoms with Crippen LogP contribution in [-0.4, -0.2) is 34.2 Å². The Balaban J connectivity index is 1.99. The summed E-state index contributed by atoms with van der Waals surface area (Å²) in [7, 11) is 0. The number of hydrogen-bond acceptors (Lipinski definition) is 2. The van der Waals surface area contributed by atoms with Gasteiger partial charge in [0, 0.05) is 22.6 Å². The SMILES string of the molecule is CC(C)N1CC(=O)N(Cc2cccc(Cl)c2)C(c2ccc(Cl)cc2)C1=O. The molecule has 0 N–H and O–H groups in total. The summed E-state index contributed by atoms with van der Waals surface area (Å²) >= 11 is 12.1. The van der Waals surface area contributed by atoms with Crippen molar-refractivity contribution in [1.29, 1.82) is 0 Å². The summed E-state index contributed by atoms with van der Waals surface area (Å²) in [6.45, 7) is 4.24. The van der Waals surface area contributed by atoms with E-state index in [1.165, 1.54) is 0 Å². The van der Waals surface area contributed by atoms with Gasteiger partial charge in [0.15, 0.2) is 0 Å². The number of carbonyl (C=O) groups excluding carboxylic acids is 2. The van der Waals surface area contributed by atoms with Crippen LogP contribution in [0, 0.1) is 0 Å². The molecule has 2 aromatic rings. The van der Waals surface area contributed by atoms with E-state index in [1.54, 1.807) is 40.1 Å². The first-order valence-electron chi connectivity index (χ1n) is 8.46. The quantitative estimate of drug-likeness (QED) is 0.779. The summed E-state index contributed by atoms with van der Waals surface area (Å²) in [6.07, 6.45) is 0. The van der Waals surface area contributed by atoms with Gasteiger partial charge in [-0.2, -0.15) is 0 Å². The number of halogens is 2. The average Bonchev–Trinajstić information content (AvgIpc) is 2.59. The van der Waals surface area contributed by atoms with E-state index < -0.39 is 6.04 Å². The Hall–Kier alpha value is -2.04. The van der Waals surface area contributed by atoms with Crippen molar-refractivity contribution in [1.82, 2.24) is 9.80 Å². The largest absolute Gasteiger partial charge is 0.329 e. The van der Waals surface area contributed by atoms with Crippen molar-refractivity contribution in [2.45, 2.75) is 32.5 Å². The zero-order chi connectivity index (χ0) is 18.8. The highest BCUT2D eigenvalue weighted by Gasteiger charge is 2.41. The molecule has 6 heteroatoms. The lowest BCUT2D eigenvalue weighted by Crippen LogP contribution is -2.56. The summed E-state index contributed by atoms with van der Waals surface area (Å²) in [5.74, 6) is -0.165. The monoisotopic (exact) mass is 390 g/mol. The van der Waals surface area contributed by atoms with Crippen molar-refractivity contribution in [2.24, 2.45) is 0 Å². The molecule has 0 aliphatic carbocycles. The normalized spacial score (nSPS) is 18.0. The molecular formula is C20H20Cl2N2O2. The van der Waals surface area contributed by atoms with E-state index in [0.717, 1.165) is 11.1 Å². The first-order valence-corrected chi connectivity index (χ1v) is 9.22. The topological polar surface area (TPSA) is 40.6 Å². The van der Waals surface area contributed by atoms with Gasteiger partial charge in [0.25, 0.3) is 5.91 Å². The molecule has 1 heterocycles. The van der Waals surface area contributed by atoms with E-state index in [9.17, 15) is 9.59 Å². The molecule has 4 nitrogen and oxygen atoms in total. The smallest absolute Gasteiger partial charge is 0.250 e. The molecule has 1 unspecified atom stereocenters. The molecule has 3 rings (SSSR count). The Labute approximate surface area is 163 Å². The van der Waals surface area contributed by atoms with Crippen LogP contribution in [0.1, 0.15) is 31.0 Å². The van der Waals surface area contributed by atoms with Crippen LogP contribution in [-0.2, 0) is 16.1 Å². The maximum absolute atomic E-state index is 13.1. The van der Waals surface area contributed by atoms with E-state index in [0.29, 0.717) is 16.6 Å². The number of benzene rings is 2. The van der Waals surface area contributed by atoms with Gasteiger partial charge in [-0.25, -0.2) is 0 Å². The predicted octanol–water partition coefficient (Wildman–Crippen LogP) is 4.31. The zero-order valence-electron chi connectivity index (χ0n) is 14.7. The number of nitrogens with zero attached hydrogens (tertiary/aromatic N) is 2. The number of carbonyl (C=O) groups is 2. The van der Waals surface area contributed by atoms with E-state index in [-0.39, 0.29) is 24.4 Å². The summed E-state index contributed by atoms with van der Waals surface area (Å²) in [4.78, 5) is 29.2. The van der Waals surface area contributed by atoms with Crippen molar-refractivity contribution < 1.29 is 9.59 Å². The Morgan fingerprint density at radius 1 is 1.04 bits per heavy atom. The molecule has 2 aromatic carbocycles. The van der Waals surface area contributed by atoms with Crippen LogP contribution in [0.4, 0.5) is 0 Å². The highest BCUT2D eigenvalue weighted by Crippen LogP contribution is 2.31. The number of rotatable bonds is 4. The Kier molecular flexibility index (Phi) is 5.54. The number of piperazine rings is 1. The van der Waals surface area contributed by atoms with Gasteiger partial charge < -0.3 is 9.80 Å². The van der Waals surface area contributed by atoms with E-state index in [4.69, 9.17) is 23.2 Å². The van der Waals surface area contributed by atoms with Crippen LogP contribution in [0.2, 0.25) is 10.0 Å². The van der Waals surface area contributed by atoms with Gasteiger partial charge in [0.05, 0.1) is 0 Å². The standard InChI is InChI=1S/C20H20Cl2N2O2/c1-13(2)23-12-18(25)24(11-14-4-3-5-17(22)10-14)19(20(23)26)15-6-8-16(21)9-7-15/h3-10,13,19H,11-12H2,1-2H3. The zero-order valence-corrected chi connectivity index (χ0v) is 16.2. The number of hydrogen-bond donors (Lipinski definition) is 0. The molecule has 1 atom stereocenters. The van der Waals surface area contributed by atoms with Crippen LogP contribution in [0.5, 0.6) is 0 Å². The molecule has 0 aromatic heterocycles. The van der Waals surface area contributed by atoms with E-state index >= 15 is 0 Å². The van der Waals surface area contributed by atoms with Crippen LogP contribution >= 0.6 is 23.2 Å². The van der Waals surface area contributed by atoms with Gasteiger partial charge in [-0.3, -0.25) is 9.59 Å². The minimum absolute atomic E-state index is 0.0467. The molecule has 1 aliphatic rings. The second-order valence-corrected chi connectivity index (χ2v) is 7.54. The highest BCUT2D eigenvalue weighted by molar-refractivity contribution is 6.30. The summed E-state index contributed by atoms with van der Waals surface area (Å²) in [5, 5.41) is 1.19. The fourth-order valence-electron chi connectivity index (χ4n) is 3.16.